The van der Waals surface area contributed by atoms with Gasteiger partial charge in [0.25, 0.3) is 0 Å². The first-order chi connectivity index (χ1) is 12.7. The summed E-state index contributed by atoms with van der Waals surface area (Å²) in [6.07, 6.45) is 0.447. The molecule has 0 N–H and O–H groups in total. The van der Waals surface area contributed by atoms with Crippen molar-refractivity contribution in [2.75, 3.05) is 40.4 Å². The van der Waals surface area contributed by atoms with Crippen molar-refractivity contribution in [3.8, 4) is 11.5 Å². The van der Waals surface area contributed by atoms with E-state index in [0.29, 0.717) is 6.42 Å². The molecular weight excluding hydrogens is 328 g/mol. The van der Waals surface area contributed by atoms with Gasteiger partial charge in [0, 0.05) is 32.7 Å². The Balaban J connectivity index is 1.46. The molecule has 2 aromatic rings. The molecule has 0 saturated carbocycles. The van der Waals surface area contributed by atoms with Gasteiger partial charge < -0.3 is 14.4 Å². The smallest absolute Gasteiger partial charge is 0.227 e. The maximum Gasteiger partial charge on any atom is 0.227 e. The predicted octanol–water partition coefficient (Wildman–Crippen LogP) is 2.59. The second kappa shape index (κ2) is 8.72. The van der Waals surface area contributed by atoms with Gasteiger partial charge in [0.05, 0.1) is 20.6 Å². The van der Waals surface area contributed by atoms with E-state index in [9.17, 15) is 4.79 Å². The number of hydrogen-bond acceptors (Lipinski definition) is 4. The van der Waals surface area contributed by atoms with Crippen molar-refractivity contribution in [1.82, 2.24) is 9.80 Å². The van der Waals surface area contributed by atoms with Crippen LogP contribution in [0.15, 0.2) is 48.5 Å². The summed E-state index contributed by atoms with van der Waals surface area (Å²) in [5, 5.41) is 0. The number of rotatable bonds is 6. The van der Waals surface area contributed by atoms with Gasteiger partial charge in [0.15, 0.2) is 0 Å². The summed E-state index contributed by atoms with van der Waals surface area (Å²) in [6, 6.07) is 15.9. The van der Waals surface area contributed by atoms with E-state index in [-0.39, 0.29) is 5.91 Å². The molecule has 1 aliphatic rings. The van der Waals surface area contributed by atoms with E-state index >= 15 is 0 Å². The third-order valence-electron chi connectivity index (χ3n) is 4.80. The fourth-order valence-electron chi connectivity index (χ4n) is 3.17. The van der Waals surface area contributed by atoms with Crippen LogP contribution in [0.3, 0.4) is 0 Å². The van der Waals surface area contributed by atoms with E-state index in [4.69, 9.17) is 9.47 Å². The van der Waals surface area contributed by atoms with Gasteiger partial charge in [-0.2, -0.15) is 0 Å². The first-order valence-electron chi connectivity index (χ1n) is 8.94. The van der Waals surface area contributed by atoms with E-state index in [1.807, 2.05) is 41.3 Å². The monoisotopic (exact) mass is 354 g/mol. The van der Waals surface area contributed by atoms with Crippen LogP contribution in [0.5, 0.6) is 11.5 Å². The molecule has 1 aliphatic heterocycles. The summed E-state index contributed by atoms with van der Waals surface area (Å²) in [7, 11) is 3.32. The number of carbonyl (C=O) groups is 1. The van der Waals surface area contributed by atoms with Crippen molar-refractivity contribution in [3.05, 3.63) is 59.7 Å². The third kappa shape index (κ3) is 4.76. The molecular formula is C21H26N2O3. The van der Waals surface area contributed by atoms with Crippen LogP contribution in [-0.4, -0.2) is 56.1 Å². The highest BCUT2D eigenvalue weighted by Gasteiger charge is 2.21. The molecule has 1 fully saturated rings. The van der Waals surface area contributed by atoms with E-state index in [1.54, 1.807) is 14.2 Å². The molecule has 0 atom stereocenters. The van der Waals surface area contributed by atoms with E-state index < -0.39 is 0 Å². The molecule has 0 aliphatic carbocycles. The average Bonchev–Trinajstić information content (AvgIpc) is 2.69. The van der Waals surface area contributed by atoms with Crippen LogP contribution in [0.2, 0.25) is 0 Å². The van der Waals surface area contributed by atoms with E-state index in [1.165, 1.54) is 5.56 Å². The van der Waals surface area contributed by atoms with Crippen LogP contribution >= 0.6 is 0 Å². The Morgan fingerprint density at radius 3 is 1.81 bits per heavy atom. The topological polar surface area (TPSA) is 42.0 Å². The molecule has 1 heterocycles. The van der Waals surface area contributed by atoms with Gasteiger partial charge in [-0.1, -0.05) is 24.3 Å². The highest BCUT2D eigenvalue weighted by atomic mass is 16.5. The van der Waals surface area contributed by atoms with Crippen molar-refractivity contribution in [2.24, 2.45) is 0 Å². The van der Waals surface area contributed by atoms with Crippen LogP contribution < -0.4 is 9.47 Å². The zero-order valence-corrected chi connectivity index (χ0v) is 15.5. The fraction of sp³-hybridized carbons (Fsp3) is 0.381. The van der Waals surface area contributed by atoms with Gasteiger partial charge in [0.1, 0.15) is 11.5 Å². The van der Waals surface area contributed by atoms with Crippen molar-refractivity contribution in [1.29, 1.82) is 0 Å². The largest absolute Gasteiger partial charge is 0.497 e. The minimum absolute atomic E-state index is 0.194. The lowest BCUT2D eigenvalue weighted by Gasteiger charge is -2.35. The number of hydrogen-bond donors (Lipinski definition) is 0. The fourth-order valence-corrected chi connectivity index (χ4v) is 3.17. The lowest BCUT2D eigenvalue weighted by molar-refractivity contribution is -0.132. The number of nitrogens with zero attached hydrogens (tertiary/aromatic N) is 2. The summed E-state index contributed by atoms with van der Waals surface area (Å²) in [5.74, 6) is 1.88. The van der Waals surface area contributed by atoms with Crippen molar-refractivity contribution in [2.45, 2.75) is 13.0 Å². The summed E-state index contributed by atoms with van der Waals surface area (Å²) < 4.78 is 10.4. The quantitative estimate of drug-likeness (QED) is 0.800. The Labute approximate surface area is 155 Å². The molecule has 5 heteroatoms. The van der Waals surface area contributed by atoms with Crippen molar-refractivity contribution in [3.63, 3.8) is 0 Å². The minimum atomic E-state index is 0.194. The number of carbonyl (C=O) groups excluding carboxylic acids is 1. The maximum absolute atomic E-state index is 12.5. The number of amides is 1. The number of benzene rings is 2. The first-order valence-corrected chi connectivity index (χ1v) is 8.94. The van der Waals surface area contributed by atoms with Crippen LogP contribution in [-0.2, 0) is 17.8 Å². The third-order valence-corrected chi connectivity index (χ3v) is 4.80. The molecule has 138 valence electrons. The molecule has 5 nitrogen and oxygen atoms in total. The van der Waals surface area contributed by atoms with Gasteiger partial charge in [-0.05, 0) is 35.4 Å². The molecule has 1 amide bonds. The maximum atomic E-state index is 12.5. The van der Waals surface area contributed by atoms with Crippen molar-refractivity contribution >= 4 is 5.91 Å². The van der Waals surface area contributed by atoms with E-state index in [0.717, 1.165) is 49.8 Å². The van der Waals surface area contributed by atoms with Gasteiger partial charge >= 0.3 is 0 Å². The Hall–Kier alpha value is -2.53. The molecule has 0 aromatic heterocycles. The molecule has 0 spiro atoms. The normalized spacial score (nSPS) is 14.9. The molecule has 3 rings (SSSR count). The standard InChI is InChI=1S/C21H26N2O3/c1-25-19-7-3-17(4-8-19)15-21(24)23-13-11-22(12-14-23)16-18-5-9-20(26-2)10-6-18/h3-10H,11-16H2,1-2H3. The van der Waals surface area contributed by atoms with Gasteiger partial charge in [-0.25, -0.2) is 0 Å². The SMILES string of the molecule is COc1ccc(CC(=O)N2CCN(Cc3ccc(OC)cc3)CC2)cc1. The van der Waals surface area contributed by atoms with Crippen LogP contribution in [0.25, 0.3) is 0 Å². The predicted molar refractivity (Wildman–Crippen MR) is 102 cm³/mol. The molecule has 26 heavy (non-hydrogen) atoms. The minimum Gasteiger partial charge on any atom is -0.497 e. The highest BCUT2D eigenvalue weighted by Crippen LogP contribution is 2.15. The molecule has 0 radical (unpaired) electrons. The molecule has 0 bridgehead atoms. The zero-order chi connectivity index (χ0) is 18.4. The zero-order valence-electron chi connectivity index (χ0n) is 15.5. The highest BCUT2D eigenvalue weighted by molar-refractivity contribution is 5.79. The van der Waals surface area contributed by atoms with Crippen LogP contribution in [0.1, 0.15) is 11.1 Å². The Bertz CT molecular complexity index is 705. The molecule has 2 aromatic carbocycles. The Morgan fingerprint density at radius 1 is 0.808 bits per heavy atom. The number of methoxy groups -OCH3 is 2. The summed E-state index contributed by atoms with van der Waals surface area (Å²) in [6.45, 7) is 4.28. The number of ether oxygens (including phenoxy) is 2. The average molecular weight is 354 g/mol. The van der Waals surface area contributed by atoms with Crippen LogP contribution in [0.4, 0.5) is 0 Å². The lowest BCUT2D eigenvalue weighted by Crippen LogP contribution is -2.48. The van der Waals surface area contributed by atoms with Gasteiger partial charge in [0.2, 0.25) is 5.91 Å². The summed E-state index contributed by atoms with van der Waals surface area (Å²) >= 11 is 0. The second-order valence-electron chi connectivity index (χ2n) is 6.53. The summed E-state index contributed by atoms with van der Waals surface area (Å²) in [5.41, 5.74) is 2.29. The first kappa shape index (κ1) is 18.3. The summed E-state index contributed by atoms with van der Waals surface area (Å²) in [4.78, 5) is 16.9. The number of piperazine rings is 1. The lowest BCUT2D eigenvalue weighted by atomic mass is 10.1. The Morgan fingerprint density at radius 2 is 1.31 bits per heavy atom. The van der Waals surface area contributed by atoms with Crippen molar-refractivity contribution < 1.29 is 14.3 Å². The molecule has 0 unspecified atom stereocenters. The van der Waals surface area contributed by atoms with E-state index in [2.05, 4.69) is 17.0 Å². The van der Waals surface area contributed by atoms with Gasteiger partial charge in [-0.3, -0.25) is 9.69 Å². The van der Waals surface area contributed by atoms with Gasteiger partial charge in [-0.15, -0.1) is 0 Å². The second-order valence-corrected chi connectivity index (χ2v) is 6.53. The van der Waals surface area contributed by atoms with Crippen LogP contribution in [0, 0.1) is 0 Å². The Kier molecular flexibility index (Phi) is 6.12. The molecule has 1 saturated heterocycles.